The van der Waals surface area contributed by atoms with Crippen molar-refractivity contribution >= 4 is 11.6 Å². The number of hydrogen-bond acceptors (Lipinski definition) is 3. The van der Waals surface area contributed by atoms with Crippen molar-refractivity contribution < 1.29 is 4.74 Å². The lowest BCUT2D eigenvalue weighted by Crippen LogP contribution is -2.04. The lowest BCUT2D eigenvalue weighted by atomic mass is 10.1. The standard InChI is InChI=1S/C12H14ClN3O/c1-7-5-12(16-15-7)17-11-4-3-9(8(2)14)6-10(11)13/h3-6,8H,14H2,1-2H3,(H,15,16)/t8-/m1/s1. The smallest absolute Gasteiger partial charge is 0.238 e. The summed E-state index contributed by atoms with van der Waals surface area (Å²) in [5.74, 6) is 1.07. The van der Waals surface area contributed by atoms with Crippen LogP contribution in [0.1, 0.15) is 24.2 Å². The summed E-state index contributed by atoms with van der Waals surface area (Å²) in [6.07, 6.45) is 0. The normalized spacial score (nSPS) is 12.5. The number of aromatic nitrogens is 2. The fraction of sp³-hybridized carbons (Fsp3) is 0.250. The fourth-order valence-corrected chi connectivity index (χ4v) is 1.67. The molecule has 17 heavy (non-hydrogen) atoms. The molecule has 3 N–H and O–H groups in total. The first-order chi connectivity index (χ1) is 8.06. The number of nitrogens with zero attached hydrogens (tertiary/aromatic N) is 1. The number of hydrogen-bond donors (Lipinski definition) is 2. The first-order valence-corrected chi connectivity index (χ1v) is 5.69. The highest BCUT2D eigenvalue weighted by atomic mass is 35.5. The molecule has 0 aliphatic rings. The second-order valence-electron chi connectivity index (χ2n) is 3.97. The first-order valence-electron chi connectivity index (χ1n) is 5.31. The van der Waals surface area contributed by atoms with Crippen molar-refractivity contribution in [2.75, 3.05) is 0 Å². The highest BCUT2D eigenvalue weighted by Gasteiger charge is 2.08. The van der Waals surface area contributed by atoms with Crippen LogP contribution in [0.2, 0.25) is 5.02 Å². The van der Waals surface area contributed by atoms with Crippen molar-refractivity contribution in [1.29, 1.82) is 0 Å². The van der Waals surface area contributed by atoms with Crippen molar-refractivity contribution in [1.82, 2.24) is 10.2 Å². The van der Waals surface area contributed by atoms with Crippen LogP contribution < -0.4 is 10.5 Å². The molecule has 0 radical (unpaired) electrons. The van der Waals surface area contributed by atoms with Gasteiger partial charge in [-0.25, -0.2) is 0 Å². The third kappa shape index (κ3) is 2.78. The Morgan fingerprint density at radius 3 is 2.71 bits per heavy atom. The molecule has 0 aliphatic heterocycles. The van der Waals surface area contributed by atoms with Gasteiger partial charge in [0.15, 0.2) is 0 Å². The van der Waals surface area contributed by atoms with Gasteiger partial charge in [-0.05, 0) is 31.5 Å². The van der Waals surface area contributed by atoms with Gasteiger partial charge in [-0.3, -0.25) is 5.10 Å². The van der Waals surface area contributed by atoms with Crippen molar-refractivity contribution in [2.24, 2.45) is 5.73 Å². The van der Waals surface area contributed by atoms with E-state index >= 15 is 0 Å². The highest BCUT2D eigenvalue weighted by molar-refractivity contribution is 6.32. The molecule has 0 aliphatic carbocycles. The van der Waals surface area contributed by atoms with Crippen LogP contribution in [-0.2, 0) is 0 Å². The van der Waals surface area contributed by atoms with Crippen LogP contribution in [0.25, 0.3) is 0 Å². The molecular weight excluding hydrogens is 238 g/mol. The number of aryl methyl sites for hydroxylation is 1. The zero-order chi connectivity index (χ0) is 12.4. The Hall–Kier alpha value is -1.52. The molecule has 1 aromatic heterocycles. The first kappa shape index (κ1) is 12.0. The van der Waals surface area contributed by atoms with E-state index < -0.39 is 0 Å². The molecular formula is C12H14ClN3O. The summed E-state index contributed by atoms with van der Waals surface area (Å²) in [6, 6.07) is 7.25. The summed E-state index contributed by atoms with van der Waals surface area (Å²) >= 11 is 6.11. The molecule has 1 aromatic carbocycles. The van der Waals surface area contributed by atoms with E-state index in [0.717, 1.165) is 11.3 Å². The van der Waals surface area contributed by atoms with E-state index in [4.69, 9.17) is 22.1 Å². The van der Waals surface area contributed by atoms with E-state index in [1.54, 1.807) is 18.2 Å². The number of nitrogens with one attached hydrogen (secondary N) is 1. The van der Waals surface area contributed by atoms with Crippen molar-refractivity contribution in [2.45, 2.75) is 19.9 Å². The number of H-pyrrole nitrogens is 1. The van der Waals surface area contributed by atoms with Crippen molar-refractivity contribution in [3.8, 4) is 11.6 Å². The number of benzene rings is 1. The molecule has 5 heteroatoms. The molecule has 1 atom stereocenters. The van der Waals surface area contributed by atoms with E-state index in [1.807, 2.05) is 19.9 Å². The SMILES string of the molecule is Cc1cc(Oc2ccc([C@@H](C)N)cc2Cl)n[nH]1. The molecule has 1 heterocycles. The molecule has 0 spiro atoms. The van der Waals surface area contributed by atoms with Crippen LogP contribution in [0.4, 0.5) is 0 Å². The van der Waals surface area contributed by atoms with Gasteiger partial charge in [0.2, 0.25) is 5.88 Å². The van der Waals surface area contributed by atoms with Crippen LogP contribution in [-0.4, -0.2) is 10.2 Å². The third-order valence-electron chi connectivity index (χ3n) is 2.38. The van der Waals surface area contributed by atoms with Crippen LogP contribution in [0, 0.1) is 6.92 Å². The van der Waals surface area contributed by atoms with E-state index in [0.29, 0.717) is 16.7 Å². The monoisotopic (exact) mass is 251 g/mol. The van der Waals surface area contributed by atoms with Gasteiger partial charge < -0.3 is 10.5 Å². The van der Waals surface area contributed by atoms with Crippen molar-refractivity contribution in [3.05, 3.63) is 40.5 Å². The number of aromatic amines is 1. The zero-order valence-corrected chi connectivity index (χ0v) is 10.5. The average Bonchev–Trinajstić information content (AvgIpc) is 2.67. The minimum absolute atomic E-state index is 0.0471. The van der Waals surface area contributed by atoms with Gasteiger partial charge in [0.05, 0.1) is 5.02 Å². The van der Waals surface area contributed by atoms with Gasteiger partial charge in [0.1, 0.15) is 5.75 Å². The van der Waals surface area contributed by atoms with Gasteiger partial charge in [-0.1, -0.05) is 17.7 Å². The predicted molar refractivity (Wildman–Crippen MR) is 67.5 cm³/mol. The van der Waals surface area contributed by atoms with E-state index in [-0.39, 0.29) is 6.04 Å². The summed E-state index contributed by atoms with van der Waals surface area (Å²) in [5.41, 5.74) is 7.68. The molecule has 0 saturated heterocycles. The average molecular weight is 252 g/mol. The summed E-state index contributed by atoms with van der Waals surface area (Å²) in [5, 5.41) is 7.31. The zero-order valence-electron chi connectivity index (χ0n) is 9.70. The third-order valence-corrected chi connectivity index (χ3v) is 2.67. The van der Waals surface area contributed by atoms with Gasteiger partial charge in [0, 0.05) is 17.8 Å². The van der Waals surface area contributed by atoms with E-state index in [9.17, 15) is 0 Å². The van der Waals surface area contributed by atoms with Crippen LogP contribution in [0.15, 0.2) is 24.3 Å². The Labute approximate surface area is 105 Å². The Bertz CT molecular complexity index is 522. The van der Waals surface area contributed by atoms with E-state index in [2.05, 4.69) is 10.2 Å². The molecule has 0 saturated carbocycles. The number of ether oxygens (including phenoxy) is 1. The van der Waals surface area contributed by atoms with Crippen LogP contribution >= 0.6 is 11.6 Å². The molecule has 4 nitrogen and oxygen atoms in total. The second kappa shape index (κ2) is 4.77. The van der Waals surface area contributed by atoms with Gasteiger partial charge in [-0.15, -0.1) is 5.10 Å². The molecule has 2 aromatic rings. The van der Waals surface area contributed by atoms with Crippen LogP contribution in [0.3, 0.4) is 0 Å². The van der Waals surface area contributed by atoms with E-state index in [1.165, 1.54) is 0 Å². The number of rotatable bonds is 3. The minimum atomic E-state index is -0.0471. The number of halogens is 1. The summed E-state index contributed by atoms with van der Waals surface area (Å²) in [6.45, 7) is 3.81. The van der Waals surface area contributed by atoms with Crippen LogP contribution in [0.5, 0.6) is 11.6 Å². The van der Waals surface area contributed by atoms with Crippen molar-refractivity contribution in [3.63, 3.8) is 0 Å². The highest BCUT2D eigenvalue weighted by Crippen LogP contribution is 2.30. The minimum Gasteiger partial charge on any atom is -0.436 e. The maximum atomic E-state index is 6.11. The summed E-state index contributed by atoms with van der Waals surface area (Å²) < 4.78 is 5.55. The fourth-order valence-electron chi connectivity index (χ4n) is 1.44. The summed E-state index contributed by atoms with van der Waals surface area (Å²) in [4.78, 5) is 0. The maximum Gasteiger partial charge on any atom is 0.238 e. The molecule has 90 valence electrons. The van der Waals surface area contributed by atoms with Gasteiger partial charge in [0.25, 0.3) is 0 Å². The second-order valence-corrected chi connectivity index (χ2v) is 4.38. The molecule has 0 amide bonds. The molecule has 2 rings (SSSR count). The quantitative estimate of drug-likeness (QED) is 0.881. The lowest BCUT2D eigenvalue weighted by molar-refractivity contribution is 0.461. The Morgan fingerprint density at radius 2 is 2.18 bits per heavy atom. The van der Waals surface area contributed by atoms with Gasteiger partial charge >= 0.3 is 0 Å². The largest absolute Gasteiger partial charge is 0.436 e. The topological polar surface area (TPSA) is 63.9 Å². The Morgan fingerprint density at radius 1 is 1.41 bits per heavy atom. The molecule has 0 unspecified atom stereocenters. The number of nitrogens with two attached hydrogens (primary N) is 1. The Balaban J connectivity index is 2.22. The Kier molecular flexibility index (Phi) is 3.36. The maximum absolute atomic E-state index is 6.11. The van der Waals surface area contributed by atoms with Gasteiger partial charge in [-0.2, -0.15) is 0 Å². The lowest BCUT2D eigenvalue weighted by Gasteiger charge is -2.09. The predicted octanol–water partition coefficient (Wildman–Crippen LogP) is 3.18. The molecule has 0 fully saturated rings. The summed E-state index contributed by atoms with van der Waals surface area (Å²) in [7, 11) is 0. The molecule has 0 bridgehead atoms.